The van der Waals surface area contributed by atoms with Crippen molar-refractivity contribution in [3.05, 3.63) is 0 Å². The van der Waals surface area contributed by atoms with E-state index in [1.54, 1.807) is 0 Å². The Morgan fingerprint density at radius 1 is 1.41 bits per heavy atom. The highest BCUT2D eigenvalue weighted by Crippen LogP contribution is 2.04. The van der Waals surface area contributed by atoms with Crippen LogP contribution in [0.2, 0.25) is 0 Å². The molecule has 0 aromatic rings. The van der Waals surface area contributed by atoms with Crippen molar-refractivity contribution in [3.8, 4) is 0 Å². The molecule has 0 aliphatic carbocycles. The molecule has 0 spiro atoms. The topological polar surface area (TPSA) is 41.6 Å². The third-order valence-corrected chi connectivity index (χ3v) is 4.40. The largest absolute Gasteiger partial charge is 0.382 e. The molecular formula is C12H26N2O2S. The molecule has 0 bridgehead atoms. The molecule has 0 aromatic heterocycles. The summed E-state index contributed by atoms with van der Waals surface area (Å²) < 4.78 is 16.5. The molecule has 1 aliphatic rings. The van der Waals surface area contributed by atoms with Crippen molar-refractivity contribution in [2.45, 2.75) is 26.3 Å². The quantitative estimate of drug-likeness (QED) is 0.645. The van der Waals surface area contributed by atoms with E-state index in [1.807, 2.05) is 6.92 Å². The molecule has 0 amide bonds. The third kappa shape index (κ3) is 6.50. The minimum Gasteiger partial charge on any atom is -0.382 e. The lowest BCUT2D eigenvalue weighted by atomic mass is 10.2. The van der Waals surface area contributed by atoms with Crippen molar-refractivity contribution in [1.82, 2.24) is 10.2 Å². The van der Waals surface area contributed by atoms with E-state index in [9.17, 15) is 4.21 Å². The predicted octanol–water partition coefficient (Wildman–Crippen LogP) is 0.455. The van der Waals surface area contributed by atoms with Gasteiger partial charge in [0.05, 0.1) is 0 Å². The first-order valence-electron chi connectivity index (χ1n) is 6.61. The zero-order valence-corrected chi connectivity index (χ0v) is 11.9. The first-order valence-corrected chi connectivity index (χ1v) is 8.10. The van der Waals surface area contributed by atoms with Crippen molar-refractivity contribution in [1.29, 1.82) is 0 Å². The van der Waals surface area contributed by atoms with E-state index >= 15 is 0 Å². The van der Waals surface area contributed by atoms with Crippen LogP contribution in [0.25, 0.3) is 0 Å². The summed E-state index contributed by atoms with van der Waals surface area (Å²) in [4.78, 5) is 2.43. The van der Waals surface area contributed by atoms with Crippen LogP contribution in [0.4, 0.5) is 0 Å². The summed E-state index contributed by atoms with van der Waals surface area (Å²) in [5, 5.41) is 3.46. The SMILES string of the molecule is CCOCCCNCC(C)N1CCS(=O)CC1. The highest BCUT2D eigenvalue weighted by Gasteiger charge is 2.19. The van der Waals surface area contributed by atoms with E-state index in [4.69, 9.17) is 4.74 Å². The van der Waals surface area contributed by atoms with Gasteiger partial charge in [0.1, 0.15) is 0 Å². The van der Waals surface area contributed by atoms with E-state index in [2.05, 4.69) is 17.1 Å². The van der Waals surface area contributed by atoms with Crippen LogP contribution in [0.1, 0.15) is 20.3 Å². The minimum atomic E-state index is -0.567. The van der Waals surface area contributed by atoms with Crippen LogP contribution in [0.3, 0.4) is 0 Å². The van der Waals surface area contributed by atoms with Crippen LogP contribution in [0.15, 0.2) is 0 Å². The van der Waals surface area contributed by atoms with Crippen molar-refractivity contribution < 1.29 is 8.95 Å². The molecule has 1 rings (SSSR count). The molecule has 1 saturated heterocycles. The molecule has 17 heavy (non-hydrogen) atoms. The monoisotopic (exact) mass is 262 g/mol. The number of ether oxygens (including phenoxy) is 1. The van der Waals surface area contributed by atoms with Crippen molar-refractivity contribution in [2.24, 2.45) is 0 Å². The third-order valence-electron chi connectivity index (χ3n) is 3.12. The van der Waals surface area contributed by atoms with E-state index < -0.39 is 10.8 Å². The van der Waals surface area contributed by atoms with E-state index in [1.165, 1.54) is 0 Å². The molecule has 0 saturated carbocycles. The maximum absolute atomic E-state index is 11.2. The Labute approximate surface area is 108 Å². The average molecular weight is 262 g/mol. The molecule has 1 atom stereocenters. The second-order valence-electron chi connectivity index (χ2n) is 4.49. The number of nitrogens with zero attached hydrogens (tertiary/aromatic N) is 1. The van der Waals surface area contributed by atoms with E-state index in [0.29, 0.717) is 6.04 Å². The van der Waals surface area contributed by atoms with Crippen LogP contribution in [-0.2, 0) is 15.5 Å². The van der Waals surface area contributed by atoms with E-state index in [-0.39, 0.29) is 0 Å². The Hall–Kier alpha value is 0.0300. The van der Waals surface area contributed by atoms with Crippen LogP contribution in [0.5, 0.6) is 0 Å². The van der Waals surface area contributed by atoms with Crippen molar-refractivity contribution >= 4 is 10.8 Å². The second-order valence-corrected chi connectivity index (χ2v) is 6.18. The molecule has 102 valence electrons. The zero-order chi connectivity index (χ0) is 12.5. The van der Waals surface area contributed by atoms with Gasteiger partial charge in [0, 0.05) is 61.2 Å². The molecule has 5 heteroatoms. The Bertz CT molecular complexity index is 217. The maximum Gasteiger partial charge on any atom is 0.0477 e. The van der Waals surface area contributed by atoms with Gasteiger partial charge in [-0.15, -0.1) is 0 Å². The Kier molecular flexibility index (Phi) is 8.01. The van der Waals surface area contributed by atoms with Crippen LogP contribution >= 0.6 is 0 Å². The Balaban J connectivity index is 2.00. The summed E-state index contributed by atoms with van der Waals surface area (Å²) in [5.41, 5.74) is 0. The minimum absolute atomic E-state index is 0.541. The van der Waals surface area contributed by atoms with Gasteiger partial charge in [-0.3, -0.25) is 9.11 Å². The highest BCUT2D eigenvalue weighted by atomic mass is 32.2. The molecule has 4 nitrogen and oxygen atoms in total. The van der Waals surface area contributed by atoms with Gasteiger partial charge in [-0.05, 0) is 26.8 Å². The van der Waals surface area contributed by atoms with Gasteiger partial charge >= 0.3 is 0 Å². The summed E-state index contributed by atoms with van der Waals surface area (Å²) in [6.45, 7) is 9.91. The van der Waals surface area contributed by atoms with Crippen LogP contribution in [0, 0.1) is 0 Å². The normalized spacial score (nSPS) is 20.6. The van der Waals surface area contributed by atoms with Crippen LogP contribution < -0.4 is 5.32 Å². The van der Waals surface area contributed by atoms with Crippen molar-refractivity contribution in [2.75, 3.05) is 50.9 Å². The fourth-order valence-corrected chi connectivity index (χ4v) is 3.06. The lowest BCUT2D eigenvalue weighted by Crippen LogP contribution is -2.47. The van der Waals surface area contributed by atoms with Crippen LogP contribution in [-0.4, -0.2) is 66.0 Å². The number of hydrogen-bond acceptors (Lipinski definition) is 4. The molecular weight excluding hydrogens is 236 g/mol. The van der Waals surface area contributed by atoms with Gasteiger partial charge < -0.3 is 10.1 Å². The number of hydrogen-bond donors (Lipinski definition) is 1. The maximum atomic E-state index is 11.2. The van der Waals surface area contributed by atoms with Crippen molar-refractivity contribution in [3.63, 3.8) is 0 Å². The molecule has 1 fully saturated rings. The predicted molar refractivity (Wildman–Crippen MR) is 72.9 cm³/mol. The molecule has 1 unspecified atom stereocenters. The van der Waals surface area contributed by atoms with Gasteiger partial charge in [-0.25, -0.2) is 0 Å². The first-order chi connectivity index (χ1) is 8.24. The Morgan fingerprint density at radius 3 is 2.76 bits per heavy atom. The second kappa shape index (κ2) is 9.03. The summed E-state index contributed by atoms with van der Waals surface area (Å²) in [5.74, 6) is 1.68. The van der Waals surface area contributed by atoms with E-state index in [0.717, 1.165) is 57.3 Å². The summed E-state index contributed by atoms with van der Waals surface area (Å²) >= 11 is 0. The highest BCUT2D eigenvalue weighted by molar-refractivity contribution is 7.85. The zero-order valence-electron chi connectivity index (χ0n) is 11.1. The Morgan fingerprint density at radius 2 is 2.12 bits per heavy atom. The van der Waals surface area contributed by atoms with Gasteiger partial charge in [-0.2, -0.15) is 0 Å². The molecule has 0 radical (unpaired) electrons. The number of nitrogens with one attached hydrogen (secondary N) is 1. The molecule has 1 N–H and O–H groups in total. The fraction of sp³-hybridized carbons (Fsp3) is 1.00. The molecule has 1 aliphatic heterocycles. The fourth-order valence-electron chi connectivity index (χ4n) is 1.98. The van der Waals surface area contributed by atoms with Gasteiger partial charge in [0.25, 0.3) is 0 Å². The number of rotatable bonds is 8. The van der Waals surface area contributed by atoms with Gasteiger partial charge in [0.15, 0.2) is 0 Å². The summed E-state index contributed by atoms with van der Waals surface area (Å²) in [7, 11) is -0.567. The summed E-state index contributed by atoms with van der Waals surface area (Å²) in [6, 6.07) is 0.541. The average Bonchev–Trinajstić information content (AvgIpc) is 2.34. The lowest BCUT2D eigenvalue weighted by molar-refractivity contribution is 0.143. The standard InChI is InChI=1S/C12H26N2O2S/c1-3-16-8-4-5-13-11-12(2)14-6-9-17(15)10-7-14/h12-13H,3-11H2,1-2H3. The van der Waals surface area contributed by atoms with Gasteiger partial charge in [0.2, 0.25) is 0 Å². The smallest absolute Gasteiger partial charge is 0.0477 e. The first kappa shape index (κ1) is 15.1. The van der Waals surface area contributed by atoms with Gasteiger partial charge in [-0.1, -0.05) is 0 Å². The lowest BCUT2D eigenvalue weighted by Gasteiger charge is -2.32. The molecule has 0 aromatic carbocycles. The molecule has 1 heterocycles. The summed E-state index contributed by atoms with van der Waals surface area (Å²) in [6.07, 6.45) is 1.07.